The molecule has 0 aromatic carbocycles. The van der Waals surface area contributed by atoms with Crippen molar-refractivity contribution in [2.75, 3.05) is 11.9 Å². The molecule has 7 heteroatoms. The maximum Gasteiger partial charge on any atom is 0.289 e. The van der Waals surface area contributed by atoms with Gasteiger partial charge >= 0.3 is 0 Å². The fourth-order valence-electron chi connectivity index (χ4n) is 1.25. The Morgan fingerprint density at radius 1 is 1.56 bits per heavy atom. The van der Waals surface area contributed by atoms with E-state index in [1.807, 2.05) is 0 Å². The molecule has 1 aliphatic heterocycles. The van der Waals surface area contributed by atoms with Gasteiger partial charge in [0.05, 0.1) is 5.69 Å². The highest BCUT2D eigenvalue weighted by molar-refractivity contribution is 7.90. The molecule has 0 aliphatic carbocycles. The van der Waals surface area contributed by atoms with Crippen LogP contribution in [0.15, 0.2) is 40.4 Å². The van der Waals surface area contributed by atoms with E-state index in [9.17, 15) is 8.42 Å². The molecule has 0 atom stereocenters. The van der Waals surface area contributed by atoms with Crippen molar-refractivity contribution in [2.45, 2.75) is 4.90 Å². The predicted octanol–water partition coefficient (Wildman–Crippen LogP) is 0.327. The Labute approximate surface area is 93.2 Å². The number of hydrogen-bond acceptors (Lipinski definition) is 5. The van der Waals surface area contributed by atoms with Crippen molar-refractivity contribution >= 4 is 21.7 Å². The summed E-state index contributed by atoms with van der Waals surface area (Å²) >= 11 is 0. The molecule has 2 heterocycles. The Bertz CT molecular complexity index is 550. The highest BCUT2D eigenvalue weighted by atomic mass is 32.2. The fraction of sp³-hybridized carbons (Fsp3) is 0.111. The first-order chi connectivity index (χ1) is 7.63. The van der Waals surface area contributed by atoms with E-state index < -0.39 is 10.0 Å². The maximum atomic E-state index is 11.7. The summed E-state index contributed by atoms with van der Waals surface area (Å²) in [5.74, 6) is 0.193. The lowest BCUT2D eigenvalue weighted by Crippen LogP contribution is -2.34. The SMILES string of the molecule is C=CCNC1=NS(=O)(=O)c2cnccc2N1. The van der Waals surface area contributed by atoms with E-state index in [1.165, 1.54) is 12.4 Å². The van der Waals surface area contributed by atoms with E-state index in [-0.39, 0.29) is 10.9 Å². The second-order valence-corrected chi connectivity index (χ2v) is 4.65. The van der Waals surface area contributed by atoms with E-state index in [0.29, 0.717) is 12.2 Å². The molecule has 0 spiro atoms. The Morgan fingerprint density at radius 3 is 3.12 bits per heavy atom. The number of pyridine rings is 1. The fourth-order valence-corrected chi connectivity index (χ4v) is 2.29. The van der Waals surface area contributed by atoms with Crippen LogP contribution in [0.25, 0.3) is 0 Å². The van der Waals surface area contributed by atoms with Gasteiger partial charge in [-0.25, -0.2) is 0 Å². The number of nitrogens with zero attached hydrogens (tertiary/aromatic N) is 2. The standard InChI is InChI=1S/C9H10N4O2S/c1-2-4-11-9-12-7-3-5-10-6-8(7)16(14,15)13-9/h2-3,5-6H,1,4H2,(H2,11,12,13). The Hall–Kier alpha value is -1.89. The number of aromatic nitrogens is 1. The minimum absolute atomic E-state index is 0.0825. The van der Waals surface area contributed by atoms with E-state index in [4.69, 9.17) is 0 Å². The predicted molar refractivity (Wildman–Crippen MR) is 60.7 cm³/mol. The lowest BCUT2D eigenvalue weighted by molar-refractivity contribution is 0.597. The molecule has 1 aromatic heterocycles. The molecule has 2 N–H and O–H groups in total. The third-order valence-electron chi connectivity index (χ3n) is 1.94. The van der Waals surface area contributed by atoms with E-state index in [2.05, 4.69) is 26.6 Å². The molecule has 1 aromatic rings. The van der Waals surface area contributed by atoms with Gasteiger partial charge in [-0.1, -0.05) is 6.08 Å². The number of guanidine groups is 1. The molecule has 6 nitrogen and oxygen atoms in total. The molecule has 16 heavy (non-hydrogen) atoms. The molecule has 0 bridgehead atoms. The second-order valence-electron chi connectivity index (χ2n) is 3.08. The number of fused-ring (bicyclic) bond motifs is 1. The number of rotatable bonds is 2. The number of sulfonamides is 1. The van der Waals surface area contributed by atoms with Crippen LogP contribution in [0.3, 0.4) is 0 Å². The minimum atomic E-state index is -3.66. The summed E-state index contributed by atoms with van der Waals surface area (Å²) in [5.41, 5.74) is 0.469. The average Bonchev–Trinajstić information content (AvgIpc) is 2.25. The Morgan fingerprint density at radius 2 is 2.38 bits per heavy atom. The summed E-state index contributed by atoms with van der Waals surface area (Å²) in [6.45, 7) is 3.95. The summed E-state index contributed by atoms with van der Waals surface area (Å²) in [5, 5.41) is 5.65. The van der Waals surface area contributed by atoms with Gasteiger partial charge in [0, 0.05) is 18.9 Å². The number of hydrogen-bond donors (Lipinski definition) is 2. The monoisotopic (exact) mass is 238 g/mol. The van der Waals surface area contributed by atoms with Crippen LogP contribution in [0, 0.1) is 0 Å². The molecule has 0 saturated heterocycles. The largest absolute Gasteiger partial charge is 0.352 e. The summed E-state index contributed by atoms with van der Waals surface area (Å²) < 4.78 is 27.0. The molecule has 0 fully saturated rings. The first-order valence-electron chi connectivity index (χ1n) is 4.54. The molecule has 0 amide bonds. The third-order valence-corrected chi connectivity index (χ3v) is 3.24. The van der Waals surface area contributed by atoms with Crippen molar-refractivity contribution in [3.8, 4) is 0 Å². The van der Waals surface area contributed by atoms with E-state index in [1.54, 1.807) is 12.1 Å². The summed E-state index contributed by atoms with van der Waals surface area (Å²) in [6.07, 6.45) is 4.39. The summed E-state index contributed by atoms with van der Waals surface area (Å²) in [4.78, 5) is 3.84. The van der Waals surface area contributed by atoms with Crippen molar-refractivity contribution in [3.05, 3.63) is 31.1 Å². The molecule has 2 rings (SSSR count). The quantitative estimate of drug-likeness (QED) is 0.725. The zero-order valence-electron chi connectivity index (χ0n) is 8.34. The van der Waals surface area contributed by atoms with Crippen LogP contribution in [0.2, 0.25) is 0 Å². The van der Waals surface area contributed by atoms with Gasteiger partial charge in [-0.2, -0.15) is 8.42 Å². The van der Waals surface area contributed by atoms with E-state index >= 15 is 0 Å². The zero-order chi connectivity index (χ0) is 11.6. The smallest absolute Gasteiger partial charge is 0.289 e. The minimum Gasteiger partial charge on any atom is -0.352 e. The topological polar surface area (TPSA) is 83.5 Å². The summed E-state index contributed by atoms with van der Waals surface area (Å²) in [6, 6.07) is 1.58. The van der Waals surface area contributed by atoms with Crippen LogP contribution >= 0.6 is 0 Å². The van der Waals surface area contributed by atoms with Crippen molar-refractivity contribution in [2.24, 2.45) is 4.40 Å². The van der Waals surface area contributed by atoms with Gasteiger partial charge in [-0.05, 0) is 6.07 Å². The zero-order valence-corrected chi connectivity index (χ0v) is 9.16. The van der Waals surface area contributed by atoms with Crippen molar-refractivity contribution in [1.29, 1.82) is 0 Å². The van der Waals surface area contributed by atoms with Gasteiger partial charge in [-0.3, -0.25) is 4.98 Å². The van der Waals surface area contributed by atoms with E-state index in [0.717, 1.165) is 0 Å². The van der Waals surface area contributed by atoms with Crippen LogP contribution in [0.5, 0.6) is 0 Å². The Kier molecular flexibility index (Phi) is 2.61. The van der Waals surface area contributed by atoms with Crippen LogP contribution in [0.4, 0.5) is 5.69 Å². The van der Waals surface area contributed by atoms with Crippen LogP contribution in [-0.4, -0.2) is 25.9 Å². The number of anilines is 1. The van der Waals surface area contributed by atoms with Gasteiger partial charge in [0.15, 0.2) is 0 Å². The maximum absolute atomic E-state index is 11.7. The van der Waals surface area contributed by atoms with Crippen molar-refractivity contribution in [1.82, 2.24) is 10.3 Å². The molecular weight excluding hydrogens is 228 g/mol. The molecule has 84 valence electrons. The molecule has 1 aliphatic rings. The highest BCUT2D eigenvalue weighted by Gasteiger charge is 2.24. The third kappa shape index (κ3) is 1.89. The normalized spacial score (nSPS) is 16.6. The lowest BCUT2D eigenvalue weighted by Gasteiger charge is -2.17. The van der Waals surface area contributed by atoms with Crippen LogP contribution in [-0.2, 0) is 10.0 Å². The molecule has 0 radical (unpaired) electrons. The van der Waals surface area contributed by atoms with Crippen molar-refractivity contribution < 1.29 is 8.42 Å². The molecule has 0 unspecified atom stereocenters. The van der Waals surface area contributed by atoms with Gasteiger partial charge in [0.1, 0.15) is 4.90 Å². The van der Waals surface area contributed by atoms with Crippen LogP contribution in [0.1, 0.15) is 0 Å². The van der Waals surface area contributed by atoms with Crippen LogP contribution < -0.4 is 10.6 Å². The first kappa shape index (κ1) is 10.6. The lowest BCUT2D eigenvalue weighted by atomic mass is 10.4. The Balaban J connectivity index is 2.40. The second kappa shape index (κ2) is 3.93. The average molecular weight is 238 g/mol. The number of nitrogens with one attached hydrogen (secondary N) is 2. The first-order valence-corrected chi connectivity index (χ1v) is 5.98. The van der Waals surface area contributed by atoms with Gasteiger partial charge in [0.2, 0.25) is 5.96 Å². The van der Waals surface area contributed by atoms with Gasteiger partial charge in [-0.15, -0.1) is 11.0 Å². The molecular formula is C9H10N4O2S. The summed E-state index contributed by atoms with van der Waals surface area (Å²) in [7, 11) is -3.66. The van der Waals surface area contributed by atoms with Crippen molar-refractivity contribution in [3.63, 3.8) is 0 Å². The molecule has 0 saturated carbocycles. The van der Waals surface area contributed by atoms with Gasteiger partial charge in [0.25, 0.3) is 10.0 Å². The van der Waals surface area contributed by atoms with Gasteiger partial charge < -0.3 is 10.6 Å². The highest BCUT2D eigenvalue weighted by Crippen LogP contribution is 2.24.